The molecule has 0 saturated carbocycles. The molecule has 1 atom stereocenters. The maximum absolute atomic E-state index is 13.0. The van der Waals surface area contributed by atoms with Crippen molar-refractivity contribution in [3.05, 3.63) is 57.5 Å². The number of hydrogen-bond acceptors (Lipinski definition) is 5. The lowest BCUT2D eigenvalue weighted by Gasteiger charge is -2.23. The Balaban J connectivity index is 1.51. The molecule has 5 nitrogen and oxygen atoms in total. The number of aryl methyl sites for hydroxylation is 3. The molecule has 1 fully saturated rings. The van der Waals surface area contributed by atoms with Gasteiger partial charge >= 0.3 is 0 Å². The third-order valence-electron chi connectivity index (χ3n) is 5.17. The van der Waals surface area contributed by atoms with E-state index >= 15 is 0 Å². The van der Waals surface area contributed by atoms with E-state index in [9.17, 15) is 4.79 Å². The fraction of sp³-hybridized carbons (Fsp3) is 0.381. The van der Waals surface area contributed by atoms with Crippen LogP contribution in [0.5, 0.6) is 0 Å². The number of carbonyl (C=O) groups is 1. The number of nitrogens with zero attached hydrogens (tertiary/aromatic N) is 4. The molecule has 4 rings (SSSR count). The summed E-state index contributed by atoms with van der Waals surface area (Å²) in [7, 11) is 0. The Morgan fingerprint density at radius 2 is 2.11 bits per heavy atom. The maximum Gasteiger partial charge on any atom is 0.233 e. The van der Waals surface area contributed by atoms with Gasteiger partial charge in [-0.3, -0.25) is 9.36 Å². The molecule has 146 valence electrons. The first-order valence-electron chi connectivity index (χ1n) is 9.50. The summed E-state index contributed by atoms with van der Waals surface area (Å²) < 4.78 is 2.06. The summed E-state index contributed by atoms with van der Waals surface area (Å²) in [6, 6.07) is 10.8. The molecule has 0 N–H and O–H groups in total. The summed E-state index contributed by atoms with van der Waals surface area (Å²) in [5, 5.41) is 11.5. The van der Waals surface area contributed by atoms with Gasteiger partial charge in [-0.25, -0.2) is 0 Å². The predicted octanol–water partition coefficient (Wildman–Crippen LogP) is 4.71. The van der Waals surface area contributed by atoms with Crippen molar-refractivity contribution in [1.82, 2.24) is 19.7 Å². The van der Waals surface area contributed by atoms with E-state index in [1.165, 1.54) is 27.8 Å². The first-order valence-corrected chi connectivity index (χ1v) is 11.4. The van der Waals surface area contributed by atoms with Crippen LogP contribution in [0.25, 0.3) is 5.69 Å². The van der Waals surface area contributed by atoms with E-state index in [-0.39, 0.29) is 11.9 Å². The highest BCUT2D eigenvalue weighted by Gasteiger charge is 2.30. The first-order chi connectivity index (χ1) is 13.5. The Morgan fingerprint density at radius 1 is 1.25 bits per heavy atom. The van der Waals surface area contributed by atoms with Crippen LogP contribution in [0.15, 0.2) is 40.9 Å². The van der Waals surface area contributed by atoms with Gasteiger partial charge in [-0.05, 0) is 62.3 Å². The summed E-state index contributed by atoms with van der Waals surface area (Å²) in [5.74, 6) is 1.39. The molecule has 1 aliphatic heterocycles. The number of hydrogen-bond donors (Lipinski definition) is 0. The number of thiophene rings is 1. The third kappa shape index (κ3) is 3.73. The second-order valence-electron chi connectivity index (χ2n) is 7.20. The minimum absolute atomic E-state index is 0.175. The highest BCUT2D eigenvalue weighted by molar-refractivity contribution is 7.99. The van der Waals surface area contributed by atoms with Crippen molar-refractivity contribution in [1.29, 1.82) is 0 Å². The Kier molecular flexibility index (Phi) is 5.55. The number of rotatable bonds is 5. The Bertz CT molecular complexity index is 980. The second kappa shape index (κ2) is 8.09. The van der Waals surface area contributed by atoms with Crippen LogP contribution in [0, 0.1) is 20.8 Å². The van der Waals surface area contributed by atoms with Gasteiger partial charge in [-0.1, -0.05) is 30.0 Å². The van der Waals surface area contributed by atoms with Gasteiger partial charge in [-0.15, -0.1) is 21.5 Å². The highest BCUT2D eigenvalue weighted by atomic mass is 32.2. The van der Waals surface area contributed by atoms with Crippen molar-refractivity contribution in [2.24, 2.45) is 0 Å². The van der Waals surface area contributed by atoms with Crippen LogP contribution in [0.2, 0.25) is 0 Å². The topological polar surface area (TPSA) is 51.0 Å². The van der Waals surface area contributed by atoms with Gasteiger partial charge in [0.05, 0.1) is 17.5 Å². The molecule has 1 aliphatic rings. The molecule has 2 aromatic heterocycles. The van der Waals surface area contributed by atoms with Gasteiger partial charge in [0.25, 0.3) is 0 Å². The van der Waals surface area contributed by atoms with Gasteiger partial charge < -0.3 is 4.90 Å². The normalized spacial score (nSPS) is 16.7. The van der Waals surface area contributed by atoms with E-state index in [1.807, 2.05) is 11.8 Å². The minimum atomic E-state index is 0.175. The molecule has 1 saturated heterocycles. The summed E-state index contributed by atoms with van der Waals surface area (Å²) >= 11 is 3.21. The van der Waals surface area contributed by atoms with Crippen molar-refractivity contribution in [2.45, 2.75) is 44.8 Å². The van der Waals surface area contributed by atoms with Crippen molar-refractivity contribution in [3.8, 4) is 5.69 Å². The molecular formula is C21H24N4OS2. The Hall–Kier alpha value is -2.12. The highest BCUT2D eigenvalue weighted by Crippen LogP contribution is 2.35. The van der Waals surface area contributed by atoms with E-state index in [0.717, 1.165) is 36.1 Å². The van der Waals surface area contributed by atoms with Crippen molar-refractivity contribution >= 4 is 29.0 Å². The van der Waals surface area contributed by atoms with Crippen LogP contribution in [-0.4, -0.2) is 37.9 Å². The third-order valence-corrected chi connectivity index (χ3v) is 7.06. The number of benzene rings is 1. The number of carbonyl (C=O) groups excluding carboxylic acids is 1. The van der Waals surface area contributed by atoms with E-state index in [0.29, 0.717) is 5.75 Å². The fourth-order valence-corrected chi connectivity index (χ4v) is 5.48. The minimum Gasteiger partial charge on any atom is -0.334 e. The van der Waals surface area contributed by atoms with E-state index in [2.05, 4.69) is 64.3 Å². The summed E-state index contributed by atoms with van der Waals surface area (Å²) in [6.45, 7) is 6.96. The van der Waals surface area contributed by atoms with Crippen LogP contribution in [0.3, 0.4) is 0 Å². The smallest absolute Gasteiger partial charge is 0.233 e. The van der Waals surface area contributed by atoms with Crippen LogP contribution in [-0.2, 0) is 4.79 Å². The first kappa shape index (κ1) is 19.2. The zero-order valence-corrected chi connectivity index (χ0v) is 18.0. The SMILES string of the molecule is Cc1ccc(C)c(-n2c(C)nnc2SCC(=O)N2CCCC2c2cccs2)c1. The Morgan fingerprint density at radius 3 is 2.89 bits per heavy atom. The van der Waals surface area contributed by atoms with Gasteiger partial charge in [0.1, 0.15) is 5.82 Å². The van der Waals surface area contributed by atoms with Gasteiger partial charge in [0.2, 0.25) is 5.91 Å². The average molecular weight is 413 g/mol. The molecule has 0 aliphatic carbocycles. The molecule has 3 aromatic rings. The molecule has 0 spiro atoms. The van der Waals surface area contributed by atoms with Gasteiger partial charge in [0, 0.05) is 11.4 Å². The summed E-state index contributed by atoms with van der Waals surface area (Å²) in [6.07, 6.45) is 2.12. The molecule has 0 bridgehead atoms. The van der Waals surface area contributed by atoms with Crippen LogP contribution >= 0.6 is 23.1 Å². The molecule has 7 heteroatoms. The molecule has 1 unspecified atom stereocenters. The number of likely N-dealkylation sites (tertiary alicyclic amines) is 1. The molecule has 3 heterocycles. The summed E-state index contributed by atoms with van der Waals surface area (Å²) in [5.41, 5.74) is 3.44. The molecular weight excluding hydrogens is 388 g/mol. The van der Waals surface area contributed by atoms with Crippen molar-refractivity contribution < 1.29 is 4.79 Å². The largest absolute Gasteiger partial charge is 0.334 e. The van der Waals surface area contributed by atoms with Crippen molar-refractivity contribution in [2.75, 3.05) is 12.3 Å². The molecule has 0 radical (unpaired) electrons. The lowest BCUT2D eigenvalue weighted by Crippen LogP contribution is -2.31. The number of amides is 1. The van der Waals surface area contributed by atoms with E-state index in [4.69, 9.17) is 0 Å². The van der Waals surface area contributed by atoms with Gasteiger partial charge in [0.15, 0.2) is 5.16 Å². The lowest BCUT2D eigenvalue weighted by molar-refractivity contribution is -0.129. The fourth-order valence-electron chi connectivity index (χ4n) is 3.73. The quantitative estimate of drug-likeness (QED) is 0.570. The van der Waals surface area contributed by atoms with Gasteiger partial charge in [-0.2, -0.15) is 0 Å². The van der Waals surface area contributed by atoms with E-state index in [1.54, 1.807) is 11.3 Å². The van der Waals surface area contributed by atoms with Crippen LogP contribution < -0.4 is 0 Å². The number of thioether (sulfide) groups is 1. The lowest BCUT2D eigenvalue weighted by atomic mass is 10.1. The zero-order chi connectivity index (χ0) is 19.7. The summed E-state index contributed by atoms with van der Waals surface area (Å²) in [4.78, 5) is 16.3. The average Bonchev–Trinajstić information content (AvgIpc) is 3.42. The van der Waals surface area contributed by atoms with Crippen molar-refractivity contribution in [3.63, 3.8) is 0 Å². The monoisotopic (exact) mass is 412 g/mol. The number of aromatic nitrogens is 3. The van der Waals surface area contributed by atoms with E-state index < -0.39 is 0 Å². The molecule has 28 heavy (non-hydrogen) atoms. The van der Waals surface area contributed by atoms with Crippen LogP contribution in [0.1, 0.15) is 40.7 Å². The molecule has 1 aromatic carbocycles. The predicted molar refractivity (Wildman–Crippen MR) is 114 cm³/mol. The standard InChI is InChI=1S/C21H24N4OS2/c1-14-8-9-15(2)18(12-14)25-16(3)22-23-21(25)28-13-20(26)24-10-4-6-17(24)19-7-5-11-27-19/h5,7-9,11-12,17H,4,6,10,13H2,1-3H3. The second-order valence-corrected chi connectivity index (χ2v) is 9.13. The molecule has 1 amide bonds. The maximum atomic E-state index is 13.0. The Labute approximate surface area is 173 Å². The van der Waals surface area contributed by atoms with Crippen LogP contribution in [0.4, 0.5) is 0 Å². The zero-order valence-electron chi connectivity index (χ0n) is 16.4.